The molecule has 2 aromatic carbocycles. The Balaban J connectivity index is 1.72. The normalized spacial score (nSPS) is 11.6. The first kappa shape index (κ1) is 17.8. The minimum Gasteiger partial charge on any atom is -0.249 e. The number of benzene rings is 2. The van der Waals surface area contributed by atoms with Crippen LogP contribution in [-0.4, -0.2) is 23.2 Å². The van der Waals surface area contributed by atoms with Crippen LogP contribution in [0.4, 0.5) is 0 Å². The number of sulfonamides is 1. The average molecular weight is 421 g/mol. The van der Waals surface area contributed by atoms with E-state index in [0.29, 0.717) is 11.0 Å². The zero-order valence-electron chi connectivity index (χ0n) is 13.6. The second-order valence-electron chi connectivity index (χ2n) is 5.67. The van der Waals surface area contributed by atoms with Gasteiger partial charge in [0, 0.05) is 11.0 Å². The van der Waals surface area contributed by atoms with E-state index in [9.17, 15) is 8.42 Å². The zero-order chi connectivity index (χ0) is 17.9. The van der Waals surface area contributed by atoms with Gasteiger partial charge in [0.1, 0.15) is 12.7 Å². The smallest absolute Gasteiger partial charge is 0.241 e. The monoisotopic (exact) mass is 420 g/mol. The van der Waals surface area contributed by atoms with Crippen molar-refractivity contribution in [3.8, 4) is 0 Å². The average Bonchev–Trinajstić information content (AvgIpc) is 3.06. The van der Waals surface area contributed by atoms with Crippen LogP contribution in [0.5, 0.6) is 0 Å². The van der Waals surface area contributed by atoms with Gasteiger partial charge < -0.3 is 0 Å². The summed E-state index contributed by atoms with van der Waals surface area (Å²) in [6, 6.07) is 12.9. The Kier molecular flexibility index (Phi) is 5.31. The van der Waals surface area contributed by atoms with Crippen molar-refractivity contribution in [2.24, 2.45) is 0 Å². The third-order valence-electron chi connectivity index (χ3n) is 3.65. The number of aromatic nitrogens is 3. The fourth-order valence-electron chi connectivity index (χ4n) is 2.42. The van der Waals surface area contributed by atoms with Gasteiger partial charge in [0.05, 0.1) is 11.4 Å². The van der Waals surface area contributed by atoms with Crippen molar-refractivity contribution in [1.82, 2.24) is 19.5 Å². The molecule has 0 aliphatic heterocycles. The van der Waals surface area contributed by atoms with Gasteiger partial charge in [-0.25, -0.2) is 22.8 Å². The quantitative estimate of drug-likeness (QED) is 0.664. The van der Waals surface area contributed by atoms with Crippen molar-refractivity contribution in [1.29, 1.82) is 0 Å². The molecule has 0 spiro atoms. The molecule has 0 saturated heterocycles. The van der Waals surface area contributed by atoms with Crippen molar-refractivity contribution < 1.29 is 8.42 Å². The maximum absolute atomic E-state index is 12.5. The molecule has 0 aliphatic rings. The molecule has 0 unspecified atom stereocenters. The van der Waals surface area contributed by atoms with Gasteiger partial charge in [-0.2, -0.15) is 5.10 Å². The van der Waals surface area contributed by atoms with Crippen LogP contribution in [0.2, 0.25) is 0 Å². The van der Waals surface area contributed by atoms with Crippen LogP contribution in [0.3, 0.4) is 0 Å². The predicted octanol–water partition coefficient (Wildman–Crippen LogP) is 2.88. The van der Waals surface area contributed by atoms with Crippen molar-refractivity contribution in [2.45, 2.75) is 24.9 Å². The first-order chi connectivity index (χ1) is 11.9. The van der Waals surface area contributed by atoms with E-state index in [1.165, 1.54) is 6.33 Å². The third-order valence-corrected chi connectivity index (χ3v) is 6.02. The molecule has 3 rings (SSSR count). The largest absolute Gasteiger partial charge is 0.249 e. The highest BCUT2D eigenvalue weighted by molar-refractivity contribution is 9.10. The maximum Gasteiger partial charge on any atom is 0.241 e. The molecule has 0 radical (unpaired) electrons. The molecule has 6 nitrogen and oxygen atoms in total. The Morgan fingerprint density at radius 3 is 2.68 bits per heavy atom. The number of hydrogen-bond acceptors (Lipinski definition) is 4. The van der Waals surface area contributed by atoms with E-state index in [1.54, 1.807) is 29.2 Å². The summed E-state index contributed by atoms with van der Waals surface area (Å²) in [6.07, 6.45) is 3.13. The van der Waals surface area contributed by atoms with Gasteiger partial charge in [-0.3, -0.25) is 0 Å². The molecule has 130 valence electrons. The lowest BCUT2D eigenvalue weighted by Gasteiger charge is -2.10. The molecular formula is C17H17BrN4O2S. The predicted molar refractivity (Wildman–Crippen MR) is 98.5 cm³/mol. The highest BCUT2D eigenvalue weighted by atomic mass is 79.9. The molecule has 0 atom stereocenters. The number of hydrogen-bond donors (Lipinski definition) is 1. The Morgan fingerprint density at radius 1 is 1.16 bits per heavy atom. The number of aryl methyl sites for hydroxylation is 1. The van der Waals surface area contributed by atoms with Crippen LogP contribution >= 0.6 is 15.9 Å². The van der Waals surface area contributed by atoms with Crippen LogP contribution in [0.15, 0.2) is 64.5 Å². The summed E-state index contributed by atoms with van der Waals surface area (Å²) < 4.78 is 29.9. The lowest BCUT2D eigenvalue weighted by atomic mass is 10.1. The minimum atomic E-state index is -3.59. The summed E-state index contributed by atoms with van der Waals surface area (Å²) >= 11 is 3.32. The van der Waals surface area contributed by atoms with Gasteiger partial charge >= 0.3 is 0 Å². The van der Waals surface area contributed by atoms with E-state index in [4.69, 9.17) is 0 Å². The first-order valence-corrected chi connectivity index (χ1v) is 9.88. The molecule has 1 N–H and O–H groups in total. The SMILES string of the molecule is Cc1ccc(S(=O)(=O)NCc2cccc(Cn3cncn3)c2)c(Br)c1. The summed E-state index contributed by atoms with van der Waals surface area (Å²) in [5, 5.41) is 4.07. The molecule has 8 heteroatoms. The maximum atomic E-state index is 12.5. The fraction of sp³-hybridized carbons (Fsp3) is 0.176. The lowest BCUT2D eigenvalue weighted by molar-refractivity contribution is 0.580. The van der Waals surface area contributed by atoms with E-state index in [-0.39, 0.29) is 11.4 Å². The molecule has 0 fully saturated rings. The molecule has 1 heterocycles. The standard InChI is InChI=1S/C17H17BrN4O2S/c1-13-5-6-17(16(18)7-13)25(23,24)21-9-14-3-2-4-15(8-14)10-22-12-19-11-20-22/h2-8,11-12,21H,9-10H2,1H3. The van der Waals surface area contributed by atoms with Crippen molar-refractivity contribution in [3.05, 3.63) is 76.3 Å². The number of nitrogens with zero attached hydrogens (tertiary/aromatic N) is 3. The van der Waals surface area contributed by atoms with E-state index >= 15 is 0 Å². The van der Waals surface area contributed by atoms with Gasteiger partial charge in [-0.1, -0.05) is 30.3 Å². The molecule has 0 amide bonds. The lowest BCUT2D eigenvalue weighted by Crippen LogP contribution is -2.23. The van der Waals surface area contributed by atoms with Crippen molar-refractivity contribution in [2.75, 3.05) is 0 Å². The van der Waals surface area contributed by atoms with Gasteiger partial charge in [0.25, 0.3) is 0 Å². The topological polar surface area (TPSA) is 76.9 Å². The Labute approximate surface area is 155 Å². The first-order valence-electron chi connectivity index (χ1n) is 7.60. The van der Waals surface area contributed by atoms with Gasteiger partial charge in [-0.05, 0) is 51.7 Å². The van der Waals surface area contributed by atoms with E-state index < -0.39 is 10.0 Å². The number of rotatable bonds is 6. The number of nitrogens with one attached hydrogen (secondary N) is 1. The van der Waals surface area contributed by atoms with Crippen LogP contribution in [0, 0.1) is 6.92 Å². The highest BCUT2D eigenvalue weighted by Crippen LogP contribution is 2.23. The second-order valence-corrected chi connectivity index (χ2v) is 8.26. The highest BCUT2D eigenvalue weighted by Gasteiger charge is 2.17. The van der Waals surface area contributed by atoms with Gasteiger partial charge in [0.2, 0.25) is 10.0 Å². The van der Waals surface area contributed by atoms with Crippen LogP contribution in [0.1, 0.15) is 16.7 Å². The minimum absolute atomic E-state index is 0.216. The van der Waals surface area contributed by atoms with E-state index in [1.807, 2.05) is 31.2 Å². The summed E-state index contributed by atoms with van der Waals surface area (Å²) in [6.45, 7) is 2.72. The molecule has 0 aliphatic carbocycles. The molecule has 3 aromatic rings. The van der Waals surface area contributed by atoms with Crippen LogP contribution in [0.25, 0.3) is 0 Å². The Hall–Kier alpha value is -2.03. The second kappa shape index (κ2) is 7.47. The third kappa shape index (κ3) is 4.53. The van der Waals surface area contributed by atoms with Gasteiger partial charge in [0.15, 0.2) is 0 Å². The van der Waals surface area contributed by atoms with Crippen molar-refractivity contribution in [3.63, 3.8) is 0 Å². The molecule has 0 bridgehead atoms. The van der Waals surface area contributed by atoms with E-state index in [2.05, 4.69) is 30.7 Å². The summed E-state index contributed by atoms with van der Waals surface area (Å²) in [7, 11) is -3.59. The van der Waals surface area contributed by atoms with Crippen molar-refractivity contribution >= 4 is 26.0 Å². The van der Waals surface area contributed by atoms with E-state index in [0.717, 1.165) is 16.7 Å². The van der Waals surface area contributed by atoms with Gasteiger partial charge in [-0.15, -0.1) is 0 Å². The zero-order valence-corrected chi connectivity index (χ0v) is 16.0. The molecule has 25 heavy (non-hydrogen) atoms. The summed E-state index contributed by atoms with van der Waals surface area (Å²) in [5.41, 5.74) is 2.90. The van der Waals surface area contributed by atoms with Crippen LogP contribution in [-0.2, 0) is 23.1 Å². The Bertz CT molecular complexity index is 972. The molecular weight excluding hydrogens is 404 g/mol. The fourth-order valence-corrected chi connectivity index (χ4v) is 4.63. The summed E-state index contributed by atoms with van der Waals surface area (Å²) in [5.74, 6) is 0. The molecule has 1 aromatic heterocycles. The Morgan fingerprint density at radius 2 is 1.96 bits per heavy atom. The van der Waals surface area contributed by atoms with Crippen LogP contribution < -0.4 is 4.72 Å². The molecule has 0 saturated carbocycles. The number of halogens is 1. The summed E-state index contributed by atoms with van der Waals surface area (Å²) in [4.78, 5) is 4.15.